The fraction of sp³-hybridized carbons (Fsp3) is 0.389. The lowest BCUT2D eigenvalue weighted by Crippen LogP contribution is -2.45. The summed E-state index contributed by atoms with van der Waals surface area (Å²) >= 11 is 0. The molecule has 1 amide bonds. The van der Waals surface area contributed by atoms with Crippen LogP contribution in [0.1, 0.15) is 40.7 Å². The first-order valence-corrected chi connectivity index (χ1v) is 8.17. The minimum atomic E-state index is -1.15. The second-order valence-electron chi connectivity index (χ2n) is 6.32. The van der Waals surface area contributed by atoms with Crippen molar-refractivity contribution in [3.8, 4) is 5.75 Å². The van der Waals surface area contributed by atoms with Crippen LogP contribution in [0.5, 0.6) is 5.75 Å². The van der Waals surface area contributed by atoms with Crippen molar-refractivity contribution in [2.75, 3.05) is 13.7 Å². The van der Waals surface area contributed by atoms with Crippen molar-refractivity contribution in [2.24, 2.45) is 0 Å². The Morgan fingerprint density at radius 3 is 2.96 bits per heavy atom. The number of carbonyl (C=O) groups is 2. The molecule has 1 aliphatic heterocycles. The molecule has 1 aromatic carbocycles. The molecule has 0 radical (unpaired) electrons. The molecule has 2 aromatic rings. The van der Waals surface area contributed by atoms with E-state index in [1.807, 2.05) is 0 Å². The quantitative estimate of drug-likeness (QED) is 0.809. The maximum atomic E-state index is 12.8. The van der Waals surface area contributed by atoms with E-state index in [2.05, 4.69) is 10.5 Å². The maximum Gasteiger partial charge on any atom is 0.306 e. The van der Waals surface area contributed by atoms with Crippen LogP contribution in [0.25, 0.3) is 0 Å². The van der Waals surface area contributed by atoms with Gasteiger partial charge in [0, 0.05) is 6.42 Å². The first kappa shape index (κ1) is 17.9. The largest absolute Gasteiger partial charge is 0.497 e. The highest BCUT2D eigenvalue weighted by atomic mass is 16.5. The molecule has 1 aromatic heterocycles. The number of amides is 1. The Balaban J connectivity index is 1.92. The fourth-order valence-electron chi connectivity index (χ4n) is 3.00. The van der Waals surface area contributed by atoms with Crippen molar-refractivity contribution in [1.82, 2.24) is 10.5 Å². The van der Waals surface area contributed by atoms with E-state index in [9.17, 15) is 14.7 Å². The van der Waals surface area contributed by atoms with E-state index in [0.717, 1.165) is 0 Å². The Morgan fingerprint density at radius 1 is 1.42 bits per heavy atom. The molecule has 138 valence electrons. The maximum absolute atomic E-state index is 12.8. The van der Waals surface area contributed by atoms with Crippen LogP contribution in [0, 0.1) is 0 Å². The molecule has 1 atom stereocenters. The molecular weight excluding hydrogens is 340 g/mol. The summed E-state index contributed by atoms with van der Waals surface area (Å²) in [5, 5.41) is 16.0. The van der Waals surface area contributed by atoms with Crippen LogP contribution in [-0.4, -0.2) is 35.9 Å². The van der Waals surface area contributed by atoms with Crippen LogP contribution < -0.4 is 10.1 Å². The molecule has 0 spiro atoms. The van der Waals surface area contributed by atoms with Gasteiger partial charge in [0.1, 0.15) is 11.5 Å². The van der Waals surface area contributed by atoms with Crippen LogP contribution in [0.3, 0.4) is 0 Å². The normalized spacial score (nSPS) is 15.6. The SMILES string of the molecule is COc1cccc(C(C)(CC(=O)O)NC(=O)c2noc3c2COCC3)c1. The number of nitrogens with one attached hydrogen (secondary N) is 1. The number of hydrogen-bond acceptors (Lipinski definition) is 6. The highest BCUT2D eigenvalue weighted by Crippen LogP contribution is 2.29. The standard InChI is InChI=1S/C18H20N2O6/c1-18(9-15(21)22,11-4-3-5-12(8-11)24-2)19-17(23)16-13-10-25-7-6-14(13)26-20-16/h3-5,8H,6-7,9-10H2,1-2H3,(H,19,23)(H,21,22). The summed E-state index contributed by atoms with van der Waals surface area (Å²) < 4.78 is 15.8. The van der Waals surface area contributed by atoms with Gasteiger partial charge in [-0.2, -0.15) is 0 Å². The molecule has 0 saturated carbocycles. The lowest BCUT2D eigenvalue weighted by molar-refractivity contribution is -0.138. The molecule has 2 heterocycles. The average molecular weight is 360 g/mol. The van der Waals surface area contributed by atoms with E-state index in [0.29, 0.717) is 35.7 Å². The van der Waals surface area contributed by atoms with Gasteiger partial charge in [-0.3, -0.25) is 9.59 Å². The fourth-order valence-corrected chi connectivity index (χ4v) is 3.00. The van der Waals surface area contributed by atoms with Gasteiger partial charge in [0.25, 0.3) is 5.91 Å². The summed E-state index contributed by atoms with van der Waals surface area (Å²) in [6.07, 6.45) is 0.250. The molecule has 0 fully saturated rings. The van der Waals surface area contributed by atoms with E-state index in [-0.39, 0.29) is 18.7 Å². The number of methoxy groups -OCH3 is 1. The third-order valence-electron chi connectivity index (χ3n) is 4.41. The van der Waals surface area contributed by atoms with Gasteiger partial charge in [-0.15, -0.1) is 0 Å². The van der Waals surface area contributed by atoms with Gasteiger partial charge in [-0.25, -0.2) is 0 Å². The number of nitrogens with zero attached hydrogens (tertiary/aromatic N) is 1. The Bertz CT molecular complexity index is 831. The molecule has 0 saturated heterocycles. The number of aromatic nitrogens is 1. The number of hydrogen-bond donors (Lipinski definition) is 2. The highest BCUT2D eigenvalue weighted by Gasteiger charge is 2.34. The first-order valence-electron chi connectivity index (χ1n) is 8.17. The van der Waals surface area contributed by atoms with Crippen LogP contribution in [0.15, 0.2) is 28.8 Å². The Morgan fingerprint density at radius 2 is 2.23 bits per heavy atom. The van der Waals surface area contributed by atoms with Crippen LogP contribution in [0.4, 0.5) is 0 Å². The van der Waals surface area contributed by atoms with Gasteiger partial charge >= 0.3 is 5.97 Å². The van der Waals surface area contributed by atoms with E-state index in [1.165, 1.54) is 7.11 Å². The number of carboxylic acids is 1. The van der Waals surface area contributed by atoms with Crippen LogP contribution in [-0.2, 0) is 28.1 Å². The summed E-state index contributed by atoms with van der Waals surface area (Å²) in [5.74, 6) is -0.350. The Kier molecular flexibility index (Phi) is 4.94. The second kappa shape index (κ2) is 7.17. The molecule has 0 bridgehead atoms. The van der Waals surface area contributed by atoms with Gasteiger partial charge in [0.2, 0.25) is 0 Å². The van der Waals surface area contributed by atoms with Crippen molar-refractivity contribution in [2.45, 2.75) is 31.9 Å². The zero-order chi connectivity index (χ0) is 18.7. The van der Waals surface area contributed by atoms with Gasteiger partial charge < -0.3 is 24.4 Å². The van der Waals surface area contributed by atoms with E-state index in [1.54, 1.807) is 31.2 Å². The monoisotopic (exact) mass is 360 g/mol. The summed E-state index contributed by atoms with van der Waals surface area (Å²) in [5.41, 5.74) is 0.191. The molecular formula is C18H20N2O6. The smallest absolute Gasteiger partial charge is 0.306 e. The van der Waals surface area contributed by atoms with Crippen molar-refractivity contribution in [3.05, 3.63) is 46.8 Å². The molecule has 8 heteroatoms. The lowest BCUT2D eigenvalue weighted by Gasteiger charge is -2.30. The lowest BCUT2D eigenvalue weighted by atomic mass is 9.88. The first-order chi connectivity index (χ1) is 12.4. The topological polar surface area (TPSA) is 111 Å². The second-order valence-corrected chi connectivity index (χ2v) is 6.32. The Hall–Kier alpha value is -2.87. The van der Waals surface area contributed by atoms with E-state index < -0.39 is 17.4 Å². The van der Waals surface area contributed by atoms with Gasteiger partial charge in [-0.1, -0.05) is 17.3 Å². The summed E-state index contributed by atoms with van der Waals surface area (Å²) in [6.45, 7) is 2.41. The van der Waals surface area contributed by atoms with Crippen LogP contribution >= 0.6 is 0 Å². The molecule has 8 nitrogen and oxygen atoms in total. The third-order valence-corrected chi connectivity index (χ3v) is 4.41. The van der Waals surface area contributed by atoms with E-state index in [4.69, 9.17) is 14.0 Å². The zero-order valence-corrected chi connectivity index (χ0v) is 14.6. The molecule has 2 N–H and O–H groups in total. The number of ether oxygens (including phenoxy) is 2. The molecule has 26 heavy (non-hydrogen) atoms. The van der Waals surface area contributed by atoms with Gasteiger partial charge in [-0.05, 0) is 24.6 Å². The van der Waals surface area contributed by atoms with Crippen molar-refractivity contribution in [3.63, 3.8) is 0 Å². The predicted octanol–water partition coefficient (Wildman–Crippen LogP) is 1.88. The number of aliphatic carboxylic acids is 1. The van der Waals surface area contributed by atoms with Crippen molar-refractivity contribution in [1.29, 1.82) is 0 Å². The minimum Gasteiger partial charge on any atom is -0.497 e. The summed E-state index contributed by atoms with van der Waals surface area (Å²) in [6, 6.07) is 6.93. The summed E-state index contributed by atoms with van der Waals surface area (Å²) in [4.78, 5) is 24.2. The minimum absolute atomic E-state index is 0.124. The highest BCUT2D eigenvalue weighted by molar-refractivity contribution is 5.94. The summed E-state index contributed by atoms with van der Waals surface area (Å²) in [7, 11) is 1.52. The number of carbonyl (C=O) groups excluding carboxylic acids is 1. The van der Waals surface area contributed by atoms with Gasteiger partial charge in [0.05, 0.1) is 37.8 Å². The third kappa shape index (κ3) is 3.55. The number of carboxylic acid groups (broad SMARTS) is 1. The number of rotatable bonds is 6. The predicted molar refractivity (Wildman–Crippen MR) is 89.9 cm³/mol. The Labute approximate surface area is 150 Å². The average Bonchev–Trinajstić information content (AvgIpc) is 3.05. The van der Waals surface area contributed by atoms with Crippen molar-refractivity contribution < 1.29 is 28.7 Å². The number of fused-ring (bicyclic) bond motifs is 1. The van der Waals surface area contributed by atoms with Crippen molar-refractivity contribution >= 4 is 11.9 Å². The molecule has 1 unspecified atom stereocenters. The van der Waals surface area contributed by atoms with E-state index >= 15 is 0 Å². The van der Waals surface area contributed by atoms with Gasteiger partial charge in [0.15, 0.2) is 5.69 Å². The molecule has 1 aliphatic rings. The van der Waals surface area contributed by atoms with Crippen LogP contribution in [0.2, 0.25) is 0 Å². The molecule has 0 aliphatic carbocycles. The number of benzene rings is 1. The molecule has 3 rings (SSSR count). The zero-order valence-electron chi connectivity index (χ0n) is 14.6.